The Hall–Kier alpha value is 0.380. The van der Waals surface area contributed by atoms with Crippen molar-refractivity contribution in [2.45, 2.75) is 96.5 Å². The van der Waals surface area contributed by atoms with Gasteiger partial charge in [0, 0.05) is 26.1 Å². The lowest BCUT2D eigenvalue weighted by Crippen LogP contribution is -2.20. The van der Waals surface area contributed by atoms with Gasteiger partial charge in [0.2, 0.25) is 0 Å². The summed E-state index contributed by atoms with van der Waals surface area (Å²) in [6.07, 6.45) is 16.4. The Morgan fingerprint density at radius 2 is 1.34 bits per heavy atom. The molecule has 0 aromatic rings. The van der Waals surface area contributed by atoms with Crippen molar-refractivity contribution in [2.75, 3.05) is 38.4 Å². The van der Waals surface area contributed by atoms with Crippen LogP contribution in [0.1, 0.15) is 90.4 Å². The van der Waals surface area contributed by atoms with Crippen LogP contribution >= 0.6 is 19.6 Å². The van der Waals surface area contributed by atoms with E-state index in [1.54, 1.807) is 11.8 Å². The third-order valence-electron chi connectivity index (χ3n) is 4.79. The van der Waals surface area contributed by atoms with E-state index < -0.39 is 7.82 Å². The molecule has 176 valence electrons. The van der Waals surface area contributed by atoms with Gasteiger partial charge < -0.3 is 19.3 Å². The number of thioether (sulfide) groups is 1. The van der Waals surface area contributed by atoms with Gasteiger partial charge in [-0.25, -0.2) is 4.57 Å². The predicted molar refractivity (Wildman–Crippen MR) is 123 cm³/mol. The van der Waals surface area contributed by atoms with Crippen molar-refractivity contribution in [3.63, 3.8) is 0 Å². The second kappa shape index (κ2) is 21.6. The quantitative estimate of drug-likeness (QED) is 0.145. The van der Waals surface area contributed by atoms with Crippen molar-refractivity contribution < 1.29 is 28.3 Å². The summed E-state index contributed by atoms with van der Waals surface area (Å²) >= 11 is 1.75. The highest BCUT2D eigenvalue weighted by atomic mass is 32.2. The van der Waals surface area contributed by atoms with E-state index in [1.165, 1.54) is 84.2 Å². The van der Waals surface area contributed by atoms with E-state index >= 15 is 0 Å². The van der Waals surface area contributed by atoms with Crippen molar-refractivity contribution >= 4 is 19.6 Å². The van der Waals surface area contributed by atoms with Crippen LogP contribution in [-0.4, -0.2) is 54.3 Å². The third kappa shape index (κ3) is 24.5. The molecule has 1 unspecified atom stereocenters. The molecule has 0 fully saturated rings. The fourth-order valence-corrected chi connectivity index (χ4v) is 4.39. The minimum Gasteiger partial charge on any atom is -0.381 e. The van der Waals surface area contributed by atoms with Crippen LogP contribution in [-0.2, 0) is 18.6 Å². The van der Waals surface area contributed by atoms with Gasteiger partial charge in [0.1, 0.15) is 0 Å². The predicted octanol–water partition coefficient (Wildman–Crippen LogP) is 5.95. The van der Waals surface area contributed by atoms with Gasteiger partial charge >= 0.3 is 7.82 Å². The van der Waals surface area contributed by atoms with Crippen molar-refractivity contribution in [3.8, 4) is 0 Å². The van der Waals surface area contributed by atoms with Crippen molar-refractivity contribution in [2.24, 2.45) is 0 Å². The molecule has 1 atom stereocenters. The van der Waals surface area contributed by atoms with Crippen molar-refractivity contribution in [1.82, 2.24) is 0 Å². The Kier molecular flexibility index (Phi) is 21.9. The summed E-state index contributed by atoms with van der Waals surface area (Å²) in [5.74, 6) is 1.73. The van der Waals surface area contributed by atoms with E-state index in [-0.39, 0.29) is 12.7 Å². The minimum absolute atomic E-state index is 0.0746. The van der Waals surface area contributed by atoms with Crippen LogP contribution in [0.2, 0.25) is 0 Å². The number of hydrogen-bond acceptors (Lipinski definition) is 5. The molecule has 2 N–H and O–H groups in total. The molecule has 0 aromatic heterocycles. The van der Waals surface area contributed by atoms with Gasteiger partial charge in [-0.3, -0.25) is 4.52 Å². The molecule has 0 radical (unpaired) electrons. The van der Waals surface area contributed by atoms with Crippen LogP contribution in [0.15, 0.2) is 0 Å². The zero-order valence-electron chi connectivity index (χ0n) is 18.7. The van der Waals surface area contributed by atoms with E-state index in [0.29, 0.717) is 5.75 Å². The fourth-order valence-electron chi connectivity index (χ4n) is 2.96. The Balaban J connectivity index is 3.22. The zero-order chi connectivity index (χ0) is 21.6. The van der Waals surface area contributed by atoms with Gasteiger partial charge in [0.25, 0.3) is 0 Å². The van der Waals surface area contributed by atoms with Gasteiger partial charge in [-0.05, 0) is 25.0 Å². The number of ether oxygens (including phenoxy) is 2. The number of hydrogen-bond donors (Lipinski definition) is 2. The average molecular weight is 457 g/mol. The molecule has 0 aliphatic carbocycles. The summed E-state index contributed by atoms with van der Waals surface area (Å²) in [4.78, 5) is 17.4. The first-order valence-corrected chi connectivity index (χ1v) is 14.1. The van der Waals surface area contributed by atoms with E-state index in [0.717, 1.165) is 25.4 Å². The SMILES string of the molecule is CCCCCCCCCOCCCCCCCCSCC(COP(=O)(O)O)OC. The molecule has 29 heavy (non-hydrogen) atoms. The summed E-state index contributed by atoms with van der Waals surface area (Å²) in [6.45, 7) is 4.01. The lowest BCUT2D eigenvalue weighted by atomic mass is 10.1. The van der Waals surface area contributed by atoms with E-state index in [9.17, 15) is 4.57 Å². The first-order valence-electron chi connectivity index (χ1n) is 11.4. The Morgan fingerprint density at radius 1 is 0.828 bits per heavy atom. The highest BCUT2D eigenvalue weighted by Gasteiger charge is 2.17. The summed E-state index contributed by atoms with van der Waals surface area (Å²) in [7, 11) is -2.88. The second-order valence-corrected chi connectivity index (χ2v) is 9.96. The smallest absolute Gasteiger partial charge is 0.381 e. The molecular weight excluding hydrogens is 411 g/mol. The first kappa shape index (κ1) is 29.4. The lowest BCUT2D eigenvalue weighted by molar-refractivity contribution is 0.0605. The lowest BCUT2D eigenvalue weighted by Gasteiger charge is -2.15. The Morgan fingerprint density at radius 3 is 1.86 bits per heavy atom. The number of phosphoric acid groups is 1. The topological polar surface area (TPSA) is 85.2 Å². The van der Waals surface area contributed by atoms with E-state index in [4.69, 9.17) is 19.3 Å². The molecule has 0 saturated heterocycles. The summed E-state index contributed by atoms with van der Waals surface area (Å²) < 4.78 is 26.1. The summed E-state index contributed by atoms with van der Waals surface area (Å²) in [6, 6.07) is 0. The molecule has 8 heteroatoms. The molecule has 0 saturated carbocycles. The highest BCUT2D eigenvalue weighted by Crippen LogP contribution is 2.36. The molecule has 0 amide bonds. The molecule has 0 heterocycles. The molecule has 0 bridgehead atoms. The molecule has 0 rings (SSSR count). The summed E-state index contributed by atoms with van der Waals surface area (Å²) in [5, 5.41) is 0. The molecule has 0 aliphatic rings. The molecule has 0 aliphatic heterocycles. The van der Waals surface area contributed by atoms with Gasteiger partial charge in [-0.1, -0.05) is 71.1 Å². The van der Waals surface area contributed by atoms with Crippen LogP contribution < -0.4 is 0 Å². The van der Waals surface area contributed by atoms with Crippen LogP contribution in [0.5, 0.6) is 0 Å². The van der Waals surface area contributed by atoms with Gasteiger partial charge in [0.05, 0.1) is 12.7 Å². The minimum atomic E-state index is -4.41. The monoisotopic (exact) mass is 456 g/mol. The van der Waals surface area contributed by atoms with Gasteiger partial charge in [-0.2, -0.15) is 11.8 Å². The molecular formula is C21H45O6PS. The second-order valence-electron chi connectivity index (χ2n) is 7.57. The van der Waals surface area contributed by atoms with E-state index in [2.05, 4.69) is 11.4 Å². The Labute approximate surface area is 183 Å². The third-order valence-corrected chi connectivity index (χ3v) is 6.46. The fraction of sp³-hybridized carbons (Fsp3) is 1.00. The van der Waals surface area contributed by atoms with Crippen LogP contribution in [0, 0.1) is 0 Å². The van der Waals surface area contributed by atoms with Crippen LogP contribution in [0.3, 0.4) is 0 Å². The standard InChI is InChI=1S/C21H45O6PS/c1-3-4-5-6-7-10-13-16-26-17-14-11-8-9-12-15-18-29-20-21(25-2)19-27-28(22,23)24/h21H,3-20H2,1-2H3,(H2,22,23,24). The summed E-state index contributed by atoms with van der Waals surface area (Å²) in [5.41, 5.74) is 0. The van der Waals surface area contributed by atoms with Crippen molar-refractivity contribution in [3.05, 3.63) is 0 Å². The number of phosphoric ester groups is 1. The highest BCUT2D eigenvalue weighted by molar-refractivity contribution is 7.99. The number of methoxy groups -OCH3 is 1. The maximum Gasteiger partial charge on any atom is 0.469 e. The molecule has 6 nitrogen and oxygen atoms in total. The average Bonchev–Trinajstić information content (AvgIpc) is 2.68. The number of unbranched alkanes of at least 4 members (excludes halogenated alkanes) is 11. The van der Waals surface area contributed by atoms with E-state index in [1.807, 2.05) is 0 Å². The van der Waals surface area contributed by atoms with Crippen molar-refractivity contribution in [1.29, 1.82) is 0 Å². The van der Waals surface area contributed by atoms with Gasteiger partial charge in [-0.15, -0.1) is 0 Å². The van der Waals surface area contributed by atoms with Crippen LogP contribution in [0.25, 0.3) is 0 Å². The zero-order valence-corrected chi connectivity index (χ0v) is 20.4. The molecule has 0 spiro atoms. The Bertz CT molecular complexity index is 380. The number of rotatable bonds is 23. The maximum absolute atomic E-state index is 10.7. The first-order chi connectivity index (χ1) is 14.0. The van der Waals surface area contributed by atoms with Gasteiger partial charge in [0.15, 0.2) is 0 Å². The normalized spacial score (nSPS) is 13.1. The molecule has 0 aromatic carbocycles. The largest absolute Gasteiger partial charge is 0.469 e. The maximum atomic E-state index is 10.7. The van der Waals surface area contributed by atoms with Crippen LogP contribution in [0.4, 0.5) is 0 Å².